The Morgan fingerprint density at radius 1 is 1.14 bits per heavy atom. The van der Waals surface area contributed by atoms with Crippen molar-refractivity contribution >= 4 is 28.1 Å². The van der Waals surface area contributed by atoms with Crippen LogP contribution in [0.2, 0.25) is 0 Å². The lowest BCUT2D eigenvalue weighted by Gasteiger charge is -2.09. The van der Waals surface area contributed by atoms with Gasteiger partial charge in [0.05, 0.1) is 6.21 Å². The summed E-state index contributed by atoms with van der Waals surface area (Å²) in [5, 5.41) is 7.37. The molecule has 0 spiro atoms. The van der Waals surface area contributed by atoms with Crippen molar-refractivity contribution in [1.82, 2.24) is 0 Å². The van der Waals surface area contributed by atoms with Crippen LogP contribution in [0.5, 0.6) is 5.75 Å². The number of nitrogens with two attached hydrogens (primary N) is 2. The van der Waals surface area contributed by atoms with E-state index in [1.165, 1.54) is 0 Å². The molecule has 0 atom stereocenters. The molecule has 0 aliphatic rings. The summed E-state index contributed by atoms with van der Waals surface area (Å²) in [5.74, 6) is 0.630. The van der Waals surface area contributed by atoms with Crippen LogP contribution in [0.1, 0.15) is 11.1 Å². The lowest BCUT2D eigenvalue weighted by Crippen LogP contribution is -2.21. The zero-order valence-electron chi connectivity index (χ0n) is 11.2. The Morgan fingerprint density at radius 3 is 2.71 bits per heavy atom. The molecule has 0 bridgehead atoms. The number of para-hydroxylation sites is 1. The molecule has 0 radical (unpaired) electrons. The van der Waals surface area contributed by atoms with Gasteiger partial charge in [-0.1, -0.05) is 40.2 Å². The van der Waals surface area contributed by atoms with Gasteiger partial charge in [-0.2, -0.15) is 5.10 Å². The summed E-state index contributed by atoms with van der Waals surface area (Å²) < 4.78 is 6.83. The molecule has 0 aliphatic carbocycles. The van der Waals surface area contributed by atoms with Crippen LogP contribution in [0, 0.1) is 0 Å². The van der Waals surface area contributed by atoms with Gasteiger partial charge in [-0.25, -0.2) is 0 Å². The monoisotopic (exact) mass is 346 g/mol. The van der Waals surface area contributed by atoms with Crippen LogP contribution in [0.3, 0.4) is 0 Å². The van der Waals surface area contributed by atoms with Crippen molar-refractivity contribution in [3.8, 4) is 5.75 Å². The minimum absolute atomic E-state index is 0.0845. The van der Waals surface area contributed by atoms with Crippen molar-refractivity contribution in [2.45, 2.75) is 6.61 Å². The Morgan fingerprint density at radius 2 is 1.95 bits per heavy atom. The van der Waals surface area contributed by atoms with Crippen molar-refractivity contribution in [3.05, 3.63) is 64.1 Å². The van der Waals surface area contributed by atoms with Crippen LogP contribution >= 0.6 is 15.9 Å². The molecule has 0 fully saturated rings. The predicted molar refractivity (Wildman–Crippen MR) is 88.3 cm³/mol. The first-order valence-corrected chi connectivity index (χ1v) is 7.02. The molecule has 5 nitrogen and oxygen atoms in total. The maximum absolute atomic E-state index is 5.81. The number of hydrogen-bond acceptors (Lipinski definition) is 3. The fraction of sp³-hybridized carbons (Fsp3) is 0.0667. The van der Waals surface area contributed by atoms with Gasteiger partial charge in [0.1, 0.15) is 12.4 Å². The van der Waals surface area contributed by atoms with E-state index in [-0.39, 0.29) is 5.96 Å². The topological polar surface area (TPSA) is 86.0 Å². The van der Waals surface area contributed by atoms with Gasteiger partial charge in [-0.15, -0.1) is 5.10 Å². The fourth-order valence-corrected chi connectivity index (χ4v) is 2.11. The average Bonchev–Trinajstić information content (AvgIpc) is 2.46. The molecule has 0 amide bonds. The second-order valence-corrected chi connectivity index (χ2v) is 5.14. The summed E-state index contributed by atoms with van der Waals surface area (Å²) in [7, 11) is 0. The van der Waals surface area contributed by atoms with Gasteiger partial charge >= 0.3 is 0 Å². The molecule has 0 saturated carbocycles. The Labute approximate surface area is 131 Å². The van der Waals surface area contributed by atoms with Gasteiger partial charge in [0.15, 0.2) is 0 Å². The molecule has 0 saturated heterocycles. The standard InChI is InChI=1S/C15H15BrN4O/c16-13-6-3-4-11(8-13)10-21-14-7-2-1-5-12(14)9-19-20-15(17)18/h1-9H,10H2,(H4,17,18,20). The van der Waals surface area contributed by atoms with Crippen molar-refractivity contribution < 1.29 is 4.74 Å². The quantitative estimate of drug-likeness (QED) is 0.495. The highest BCUT2D eigenvalue weighted by molar-refractivity contribution is 9.10. The van der Waals surface area contributed by atoms with Crippen LogP contribution < -0.4 is 16.2 Å². The third kappa shape index (κ3) is 4.92. The molecule has 21 heavy (non-hydrogen) atoms. The summed E-state index contributed by atoms with van der Waals surface area (Å²) in [5.41, 5.74) is 12.3. The van der Waals surface area contributed by atoms with E-state index in [1.54, 1.807) is 6.21 Å². The number of guanidine groups is 1. The van der Waals surface area contributed by atoms with Gasteiger partial charge in [0.2, 0.25) is 5.96 Å². The second kappa shape index (κ2) is 7.44. The lowest BCUT2D eigenvalue weighted by molar-refractivity contribution is 0.305. The molecule has 4 N–H and O–H groups in total. The number of hydrogen-bond donors (Lipinski definition) is 2. The van der Waals surface area contributed by atoms with Crippen LogP contribution in [0.15, 0.2) is 63.2 Å². The van der Waals surface area contributed by atoms with E-state index >= 15 is 0 Å². The van der Waals surface area contributed by atoms with Crippen LogP contribution in [0.4, 0.5) is 0 Å². The number of ether oxygens (including phenoxy) is 1. The van der Waals surface area contributed by atoms with E-state index in [0.717, 1.165) is 15.6 Å². The van der Waals surface area contributed by atoms with Crippen molar-refractivity contribution in [1.29, 1.82) is 0 Å². The molecule has 2 rings (SSSR count). The van der Waals surface area contributed by atoms with Crippen LogP contribution in [-0.2, 0) is 6.61 Å². The second-order valence-electron chi connectivity index (χ2n) is 4.23. The number of halogens is 1. The molecular formula is C15H15BrN4O. The molecule has 0 heterocycles. The molecule has 2 aromatic carbocycles. The van der Waals surface area contributed by atoms with Crippen molar-refractivity contribution in [2.75, 3.05) is 0 Å². The van der Waals surface area contributed by atoms with E-state index < -0.39 is 0 Å². The molecule has 2 aromatic rings. The Kier molecular flexibility index (Phi) is 5.34. The van der Waals surface area contributed by atoms with Crippen molar-refractivity contribution in [3.63, 3.8) is 0 Å². The van der Waals surface area contributed by atoms with Gasteiger partial charge in [-0.05, 0) is 29.8 Å². The normalized spacial score (nSPS) is 10.5. The largest absolute Gasteiger partial charge is 0.488 e. The van der Waals surface area contributed by atoms with Crippen LogP contribution in [-0.4, -0.2) is 12.2 Å². The third-order valence-electron chi connectivity index (χ3n) is 2.57. The number of nitrogens with zero attached hydrogens (tertiary/aromatic N) is 2. The third-order valence-corrected chi connectivity index (χ3v) is 3.07. The number of benzene rings is 2. The zero-order valence-corrected chi connectivity index (χ0v) is 12.8. The average molecular weight is 347 g/mol. The SMILES string of the molecule is NC(N)=NN=Cc1ccccc1OCc1cccc(Br)c1. The predicted octanol–water partition coefficient (Wildman–Crippen LogP) is 2.64. The summed E-state index contributed by atoms with van der Waals surface area (Å²) >= 11 is 3.44. The van der Waals surface area contributed by atoms with E-state index in [4.69, 9.17) is 16.2 Å². The summed E-state index contributed by atoms with van der Waals surface area (Å²) in [6.07, 6.45) is 1.55. The summed E-state index contributed by atoms with van der Waals surface area (Å²) in [6.45, 7) is 0.465. The van der Waals surface area contributed by atoms with Gasteiger partial charge in [0, 0.05) is 10.0 Å². The Balaban J connectivity index is 2.10. The minimum atomic E-state index is -0.0845. The van der Waals surface area contributed by atoms with Crippen molar-refractivity contribution in [2.24, 2.45) is 21.7 Å². The highest BCUT2D eigenvalue weighted by atomic mass is 79.9. The zero-order chi connectivity index (χ0) is 15.1. The maximum Gasteiger partial charge on any atom is 0.211 e. The van der Waals surface area contributed by atoms with E-state index in [9.17, 15) is 0 Å². The maximum atomic E-state index is 5.81. The molecule has 108 valence electrons. The molecule has 6 heteroatoms. The lowest BCUT2D eigenvalue weighted by atomic mass is 10.2. The first kappa shape index (κ1) is 15.1. The summed E-state index contributed by atoms with van der Waals surface area (Å²) in [6, 6.07) is 15.5. The van der Waals surface area contributed by atoms with Gasteiger partial charge in [0.25, 0.3) is 0 Å². The van der Waals surface area contributed by atoms with E-state index in [0.29, 0.717) is 12.4 Å². The van der Waals surface area contributed by atoms with Crippen LogP contribution in [0.25, 0.3) is 0 Å². The fourth-order valence-electron chi connectivity index (χ4n) is 1.66. The van der Waals surface area contributed by atoms with E-state index in [2.05, 4.69) is 26.1 Å². The smallest absolute Gasteiger partial charge is 0.211 e. The van der Waals surface area contributed by atoms with Gasteiger partial charge in [-0.3, -0.25) is 0 Å². The Hall–Kier alpha value is -2.34. The first-order chi connectivity index (χ1) is 10.1. The summed E-state index contributed by atoms with van der Waals surface area (Å²) in [4.78, 5) is 0. The molecule has 0 unspecified atom stereocenters. The number of rotatable bonds is 5. The molecule has 0 aliphatic heterocycles. The molecule has 0 aromatic heterocycles. The van der Waals surface area contributed by atoms with E-state index in [1.807, 2.05) is 48.5 Å². The molecular weight excluding hydrogens is 332 g/mol. The Bertz CT molecular complexity index is 666. The highest BCUT2D eigenvalue weighted by Crippen LogP contribution is 2.19. The first-order valence-electron chi connectivity index (χ1n) is 6.23. The van der Waals surface area contributed by atoms with Gasteiger partial charge < -0.3 is 16.2 Å². The highest BCUT2D eigenvalue weighted by Gasteiger charge is 2.01. The minimum Gasteiger partial charge on any atom is -0.488 e.